The number of halogens is 1. The molecule has 0 spiro atoms. The molecule has 0 saturated carbocycles. The number of carbonyl (C=O) groups excluding carboxylic acids is 1. The highest BCUT2D eigenvalue weighted by molar-refractivity contribution is 7.16. The van der Waals surface area contributed by atoms with Crippen LogP contribution in [0.5, 0.6) is 0 Å². The first-order chi connectivity index (χ1) is 7.69. The van der Waals surface area contributed by atoms with Gasteiger partial charge in [0.2, 0.25) is 0 Å². The van der Waals surface area contributed by atoms with Crippen molar-refractivity contribution in [3.63, 3.8) is 0 Å². The van der Waals surface area contributed by atoms with Crippen LogP contribution in [0.2, 0.25) is 0 Å². The zero-order valence-corrected chi connectivity index (χ0v) is 10.5. The quantitative estimate of drug-likeness (QED) is 0.653. The molecule has 0 aliphatic rings. The molecule has 16 heavy (non-hydrogen) atoms. The van der Waals surface area contributed by atoms with Crippen molar-refractivity contribution in [2.45, 2.75) is 13.3 Å². The fraction of sp³-hybridized carbons (Fsp3) is 0.400. The van der Waals surface area contributed by atoms with Crippen molar-refractivity contribution < 1.29 is 9.53 Å². The first kappa shape index (κ1) is 13.0. The van der Waals surface area contributed by atoms with E-state index in [1.54, 1.807) is 13.0 Å². The molecule has 0 unspecified atom stereocenters. The van der Waals surface area contributed by atoms with Gasteiger partial charge in [0.25, 0.3) is 0 Å². The summed E-state index contributed by atoms with van der Waals surface area (Å²) in [5.41, 5.74) is 5.83. The van der Waals surface area contributed by atoms with Crippen molar-refractivity contribution in [3.8, 4) is 0 Å². The molecule has 1 aromatic heterocycles. The van der Waals surface area contributed by atoms with Gasteiger partial charge in [0.05, 0.1) is 11.5 Å². The normalized spacial score (nSPS) is 10.9. The summed E-state index contributed by atoms with van der Waals surface area (Å²) in [5, 5.41) is 0.355. The summed E-state index contributed by atoms with van der Waals surface area (Å²) in [6.07, 6.45) is 4.41. The first-order valence-electron chi connectivity index (χ1n) is 4.85. The maximum absolute atomic E-state index is 11.5. The van der Waals surface area contributed by atoms with Crippen LogP contribution in [0.3, 0.4) is 0 Å². The predicted molar refractivity (Wildman–Crippen MR) is 66.9 cm³/mol. The number of alkyl halides is 1. The molecule has 0 amide bonds. The summed E-state index contributed by atoms with van der Waals surface area (Å²) in [4.78, 5) is 16.2. The number of anilines is 1. The van der Waals surface area contributed by atoms with Gasteiger partial charge in [-0.05, 0) is 19.4 Å². The number of aromatic nitrogens is 1. The second-order valence-corrected chi connectivity index (χ2v) is 4.31. The minimum Gasteiger partial charge on any atom is -0.461 e. The van der Waals surface area contributed by atoms with Gasteiger partial charge in [-0.3, -0.25) is 0 Å². The Morgan fingerprint density at radius 2 is 2.44 bits per heavy atom. The van der Waals surface area contributed by atoms with E-state index in [9.17, 15) is 4.79 Å². The van der Waals surface area contributed by atoms with Crippen LogP contribution in [0.15, 0.2) is 6.08 Å². The molecular formula is C10H13ClN2O2S. The number of carbonyl (C=O) groups is 1. The molecule has 2 N–H and O–H groups in total. The van der Waals surface area contributed by atoms with Gasteiger partial charge >= 0.3 is 5.97 Å². The van der Waals surface area contributed by atoms with Crippen molar-refractivity contribution >= 4 is 40.1 Å². The molecule has 0 aliphatic carbocycles. The largest absolute Gasteiger partial charge is 0.461 e. The van der Waals surface area contributed by atoms with Gasteiger partial charge in [-0.1, -0.05) is 17.4 Å². The highest BCUT2D eigenvalue weighted by Gasteiger charge is 2.16. The Hall–Kier alpha value is -1.07. The van der Waals surface area contributed by atoms with Gasteiger partial charge in [-0.25, -0.2) is 9.78 Å². The monoisotopic (exact) mass is 260 g/mol. The maximum atomic E-state index is 11.5. The van der Waals surface area contributed by atoms with Crippen molar-refractivity contribution in [2.75, 3.05) is 18.2 Å². The molecule has 0 saturated heterocycles. The molecule has 6 heteroatoms. The highest BCUT2D eigenvalue weighted by atomic mass is 35.5. The molecule has 4 nitrogen and oxygen atoms in total. The van der Waals surface area contributed by atoms with Crippen LogP contribution in [0, 0.1) is 0 Å². The van der Waals surface area contributed by atoms with Crippen LogP contribution in [0.4, 0.5) is 5.13 Å². The van der Waals surface area contributed by atoms with Crippen LogP contribution >= 0.6 is 22.9 Å². The lowest BCUT2D eigenvalue weighted by atomic mass is 10.3. The van der Waals surface area contributed by atoms with Gasteiger partial charge < -0.3 is 10.5 Å². The Bertz CT molecular complexity index is 390. The van der Waals surface area contributed by atoms with Crippen molar-refractivity contribution in [3.05, 3.63) is 16.6 Å². The predicted octanol–water partition coefficient (Wildman–Crippen LogP) is 2.54. The van der Waals surface area contributed by atoms with Gasteiger partial charge in [-0.2, -0.15) is 0 Å². The molecule has 0 fully saturated rings. The number of nitrogens with zero attached hydrogens (tertiary/aromatic N) is 1. The maximum Gasteiger partial charge on any atom is 0.358 e. The van der Waals surface area contributed by atoms with E-state index in [0.29, 0.717) is 22.5 Å². The van der Waals surface area contributed by atoms with Crippen LogP contribution < -0.4 is 5.73 Å². The lowest BCUT2D eigenvalue weighted by molar-refractivity contribution is 0.0520. The van der Waals surface area contributed by atoms with E-state index in [1.165, 1.54) is 11.3 Å². The third-order valence-corrected chi connectivity index (χ3v) is 2.75. The molecule has 88 valence electrons. The molecule has 0 aliphatic heterocycles. The minimum absolute atomic E-state index is 0.273. The Labute approximate surface area is 103 Å². The van der Waals surface area contributed by atoms with E-state index in [4.69, 9.17) is 22.1 Å². The number of nitrogens with two attached hydrogens (primary N) is 1. The Morgan fingerprint density at radius 1 is 1.69 bits per heavy atom. The van der Waals surface area contributed by atoms with Gasteiger partial charge in [0.15, 0.2) is 10.8 Å². The van der Waals surface area contributed by atoms with Crippen molar-refractivity contribution in [1.29, 1.82) is 0 Å². The van der Waals surface area contributed by atoms with E-state index < -0.39 is 5.97 Å². The molecule has 0 radical (unpaired) electrons. The van der Waals surface area contributed by atoms with Gasteiger partial charge in [-0.15, -0.1) is 11.6 Å². The summed E-state index contributed by atoms with van der Waals surface area (Å²) in [7, 11) is 0. The zero-order chi connectivity index (χ0) is 12.0. The number of nitrogen functional groups attached to an aromatic ring is 1. The number of ether oxygens (including phenoxy) is 1. The van der Waals surface area contributed by atoms with Crippen LogP contribution in [0.1, 0.15) is 28.7 Å². The molecule has 1 rings (SSSR count). The Balaban J connectivity index is 2.86. The average molecular weight is 261 g/mol. The topological polar surface area (TPSA) is 65.2 Å². The molecule has 0 atom stereocenters. The zero-order valence-electron chi connectivity index (χ0n) is 8.90. The van der Waals surface area contributed by atoms with E-state index in [-0.39, 0.29) is 5.69 Å². The summed E-state index contributed by atoms with van der Waals surface area (Å²) < 4.78 is 4.88. The summed E-state index contributed by atoms with van der Waals surface area (Å²) in [6, 6.07) is 0. The molecule has 0 bridgehead atoms. The number of allylic oxidation sites excluding steroid dienone is 1. The van der Waals surface area contributed by atoms with E-state index in [0.717, 1.165) is 6.42 Å². The molecule has 0 aromatic carbocycles. The van der Waals surface area contributed by atoms with E-state index >= 15 is 0 Å². The fourth-order valence-corrected chi connectivity index (χ4v) is 1.94. The SMILES string of the molecule is CCOC(=O)c1nc(N)sc1C=CCCCl. The number of esters is 1. The highest BCUT2D eigenvalue weighted by Crippen LogP contribution is 2.22. The number of thiazole rings is 1. The fourth-order valence-electron chi connectivity index (χ4n) is 1.06. The lowest BCUT2D eigenvalue weighted by Gasteiger charge is -1.98. The van der Waals surface area contributed by atoms with Crippen molar-refractivity contribution in [2.24, 2.45) is 0 Å². The third-order valence-electron chi connectivity index (χ3n) is 1.68. The standard InChI is InChI=1S/C10H13ClN2O2S/c1-2-15-9(14)8-7(5-3-4-6-11)16-10(12)13-8/h3,5H,2,4,6H2,1H3,(H2,12,13). The number of rotatable bonds is 5. The minimum atomic E-state index is -0.444. The second-order valence-electron chi connectivity index (χ2n) is 2.87. The van der Waals surface area contributed by atoms with Crippen molar-refractivity contribution in [1.82, 2.24) is 4.98 Å². The third kappa shape index (κ3) is 3.50. The van der Waals surface area contributed by atoms with E-state index in [2.05, 4.69) is 4.98 Å². The number of hydrogen-bond donors (Lipinski definition) is 1. The second kappa shape index (κ2) is 6.50. The van der Waals surface area contributed by atoms with Crippen LogP contribution in [-0.2, 0) is 4.74 Å². The summed E-state index contributed by atoms with van der Waals surface area (Å²) >= 11 is 6.80. The molecule has 1 heterocycles. The lowest BCUT2D eigenvalue weighted by Crippen LogP contribution is -2.06. The van der Waals surface area contributed by atoms with Crippen LogP contribution in [-0.4, -0.2) is 23.4 Å². The first-order valence-corrected chi connectivity index (χ1v) is 6.20. The van der Waals surface area contributed by atoms with E-state index in [1.807, 2.05) is 6.08 Å². The number of hydrogen-bond acceptors (Lipinski definition) is 5. The van der Waals surface area contributed by atoms with Gasteiger partial charge in [0, 0.05) is 5.88 Å². The summed E-state index contributed by atoms with van der Waals surface area (Å²) in [5.74, 6) is 0.0977. The Morgan fingerprint density at radius 3 is 3.06 bits per heavy atom. The molecule has 1 aromatic rings. The average Bonchev–Trinajstić information content (AvgIpc) is 2.61. The van der Waals surface area contributed by atoms with Crippen LogP contribution in [0.25, 0.3) is 6.08 Å². The Kier molecular flexibility index (Phi) is 5.28. The summed E-state index contributed by atoms with van der Waals surface area (Å²) in [6.45, 7) is 2.07. The van der Waals surface area contributed by atoms with Gasteiger partial charge in [0.1, 0.15) is 0 Å². The molecular weight excluding hydrogens is 248 g/mol. The smallest absolute Gasteiger partial charge is 0.358 e.